The van der Waals surface area contributed by atoms with Crippen molar-refractivity contribution in [2.24, 2.45) is 5.92 Å². The van der Waals surface area contributed by atoms with E-state index in [2.05, 4.69) is 0 Å². The first-order chi connectivity index (χ1) is 14.5. The van der Waals surface area contributed by atoms with E-state index in [0.29, 0.717) is 17.2 Å². The van der Waals surface area contributed by atoms with Crippen molar-refractivity contribution in [3.8, 4) is 11.3 Å². The predicted molar refractivity (Wildman–Crippen MR) is 108 cm³/mol. The van der Waals surface area contributed by atoms with Crippen LogP contribution in [0.3, 0.4) is 0 Å². The van der Waals surface area contributed by atoms with Crippen molar-refractivity contribution in [3.05, 3.63) is 52.3 Å². The minimum Gasteiger partial charge on any atom is -0.450 e. The third-order valence-corrected chi connectivity index (χ3v) is 6.06. The second kappa shape index (κ2) is 8.69. The Balaban J connectivity index is 1.35. The summed E-state index contributed by atoms with van der Waals surface area (Å²) in [7, 11) is 0. The van der Waals surface area contributed by atoms with Gasteiger partial charge in [0.15, 0.2) is 6.61 Å². The summed E-state index contributed by atoms with van der Waals surface area (Å²) in [5.74, 6) is 0.104. The summed E-state index contributed by atoms with van der Waals surface area (Å²) >= 11 is 0. The highest BCUT2D eigenvalue weighted by Crippen LogP contribution is 2.35. The number of nitro benzene ring substituents is 1. The second-order valence-electron chi connectivity index (χ2n) is 7.89. The average Bonchev–Trinajstić information content (AvgIpc) is 3.27. The van der Waals surface area contributed by atoms with E-state index in [1.807, 2.05) is 4.90 Å². The molecule has 30 heavy (non-hydrogen) atoms. The molecule has 2 aromatic rings. The van der Waals surface area contributed by atoms with Gasteiger partial charge in [-0.3, -0.25) is 14.9 Å². The Labute approximate surface area is 173 Å². The van der Waals surface area contributed by atoms with Gasteiger partial charge in [-0.2, -0.15) is 0 Å². The summed E-state index contributed by atoms with van der Waals surface area (Å²) in [5.41, 5.74) is 0.578. The van der Waals surface area contributed by atoms with Crippen molar-refractivity contribution >= 4 is 17.6 Å². The maximum absolute atomic E-state index is 12.7. The van der Waals surface area contributed by atoms with Crippen LogP contribution in [-0.4, -0.2) is 40.9 Å². The van der Waals surface area contributed by atoms with E-state index in [0.717, 1.165) is 25.8 Å². The van der Waals surface area contributed by atoms with Gasteiger partial charge in [0.2, 0.25) is 5.76 Å². The number of rotatable bonds is 5. The third kappa shape index (κ3) is 4.22. The summed E-state index contributed by atoms with van der Waals surface area (Å²) in [6, 6.07) is 9.17. The van der Waals surface area contributed by atoms with Crippen molar-refractivity contribution in [2.75, 3.05) is 13.2 Å². The summed E-state index contributed by atoms with van der Waals surface area (Å²) in [4.78, 5) is 37.2. The highest BCUT2D eigenvalue weighted by Gasteiger charge is 2.35. The summed E-state index contributed by atoms with van der Waals surface area (Å²) in [5, 5.41) is 10.8. The van der Waals surface area contributed by atoms with Crippen LogP contribution in [0.1, 0.15) is 49.1 Å². The summed E-state index contributed by atoms with van der Waals surface area (Å²) in [6.45, 7) is 0.429. The quantitative estimate of drug-likeness (QED) is 0.414. The maximum Gasteiger partial charge on any atom is 0.374 e. The molecule has 1 aromatic heterocycles. The van der Waals surface area contributed by atoms with Gasteiger partial charge in [0, 0.05) is 30.3 Å². The van der Waals surface area contributed by atoms with E-state index in [1.165, 1.54) is 37.5 Å². The van der Waals surface area contributed by atoms with E-state index >= 15 is 0 Å². The molecule has 1 saturated heterocycles. The Morgan fingerprint density at radius 1 is 1.07 bits per heavy atom. The highest BCUT2D eigenvalue weighted by atomic mass is 16.6. The lowest BCUT2D eigenvalue weighted by Crippen LogP contribution is -2.50. The van der Waals surface area contributed by atoms with Gasteiger partial charge in [0.05, 0.1) is 4.92 Å². The lowest BCUT2D eigenvalue weighted by atomic mass is 9.78. The first-order valence-electron chi connectivity index (χ1n) is 10.3. The van der Waals surface area contributed by atoms with Crippen LogP contribution in [0, 0.1) is 16.0 Å². The molecule has 0 N–H and O–H groups in total. The van der Waals surface area contributed by atoms with E-state index in [4.69, 9.17) is 9.15 Å². The molecule has 1 amide bonds. The van der Waals surface area contributed by atoms with Crippen molar-refractivity contribution in [1.82, 2.24) is 4.90 Å². The molecule has 0 bridgehead atoms. The van der Waals surface area contributed by atoms with E-state index in [1.54, 1.807) is 18.2 Å². The molecular formula is C22H24N2O6. The zero-order valence-corrected chi connectivity index (χ0v) is 16.6. The standard InChI is InChI=1S/C22H24N2O6/c25-21(23-13-3-5-15-4-1-2-6-18(15)23)14-29-22(26)20-12-11-19(30-20)16-7-9-17(10-8-16)24(27)28/h7-12,15,18H,1-6,13-14H2/t15-,18+/m1/s1. The lowest BCUT2D eigenvalue weighted by molar-refractivity contribution is -0.384. The summed E-state index contributed by atoms with van der Waals surface area (Å²) < 4.78 is 10.7. The van der Waals surface area contributed by atoms with Gasteiger partial charge in [-0.15, -0.1) is 0 Å². The molecule has 2 atom stereocenters. The van der Waals surface area contributed by atoms with Gasteiger partial charge < -0.3 is 14.1 Å². The monoisotopic (exact) mass is 412 g/mol. The van der Waals surface area contributed by atoms with Crippen molar-refractivity contribution in [3.63, 3.8) is 0 Å². The molecule has 2 aliphatic rings. The maximum atomic E-state index is 12.7. The Bertz CT molecular complexity index is 933. The first-order valence-corrected chi connectivity index (χ1v) is 10.3. The van der Waals surface area contributed by atoms with Crippen molar-refractivity contribution in [2.45, 2.75) is 44.6 Å². The molecule has 1 aromatic carbocycles. The average molecular weight is 412 g/mol. The Kier molecular flexibility index (Phi) is 5.83. The van der Waals surface area contributed by atoms with Gasteiger partial charge in [-0.25, -0.2) is 4.79 Å². The number of carbonyl (C=O) groups excluding carboxylic acids is 2. The third-order valence-electron chi connectivity index (χ3n) is 6.06. The van der Waals surface area contributed by atoms with E-state index < -0.39 is 10.9 Å². The fourth-order valence-corrected chi connectivity index (χ4v) is 4.57. The topological polar surface area (TPSA) is 103 Å². The second-order valence-corrected chi connectivity index (χ2v) is 7.89. The van der Waals surface area contributed by atoms with E-state index in [9.17, 15) is 19.7 Å². The van der Waals surface area contributed by atoms with Gasteiger partial charge in [-0.05, 0) is 55.9 Å². The fourth-order valence-electron chi connectivity index (χ4n) is 4.57. The van der Waals surface area contributed by atoms with Crippen molar-refractivity contribution in [1.29, 1.82) is 0 Å². The fraction of sp³-hybridized carbons (Fsp3) is 0.455. The Morgan fingerprint density at radius 2 is 1.80 bits per heavy atom. The number of ether oxygens (including phenoxy) is 1. The number of piperidine rings is 1. The molecule has 8 heteroatoms. The molecule has 1 saturated carbocycles. The zero-order chi connectivity index (χ0) is 21.1. The number of amides is 1. The lowest BCUT2D eigenvalue weighted by Gasteiger charge is -2.44. The van der Waals surface area contributed by atoms with Gasteiger partial charge in [0.1, 0.15) is 5.76 Å². The zero-order valence-electron chi connectivity index (χ0n) is 16.6. The molecule has 0 spiro atoms. The van der Waals surface area contributed by atoms with Crippen molar-refractivity contribution < 1.29 is 23.7 Å². The van der Waals surface area contributed by atoms with Crippen LogP contribution in [0.5, 0.6) is 0 Å². The number of carbonyl (C=O) groups is 2. The molecule has 0 radical (unpaired) electrons. The number of hydrogen-bond acceptors (Lipinski definition) is 6. The smallest absolute Gasteiger partial charge is 0.374 e. The van der Waals surface area contributed by atoms with Gasteiger partial charge in [-0.1, -0.05) is 12.8 Å². The minimum absolute atomic E-state index is 0.00894. The summed E-state index contributed by atoms with van der Waals surface area (Å²) in [6.07, 6.45) is 6.74. The van der Waals surface area contributed by atoms with Gasteiger partial charge in [0.25, 0.3) is 11.6 Å². The van der Waals surface area contributed by atoms with Gasteiger partial charge >= 0.3 is 5.97 Å². The molecule has 4 rings (SSSR count). The number of benzene rings is 1. The van der Waals surface area contributed by atoms with Crippen LogP contribution in [0.4, 0.5) is 5.69 Å². The molecule has 158 valence electrons. The van der Waals surface area contributed by atoms with Crippen LogP contribution in [0.15, 0.2) is 40.8 Å². The predicted octanol–water partition coefficient (Wildman–Crippen LogP) is 4.19. The number of furan rings is 1. The number of likely N-dealkylation sites (tertiary alicyclic amines) is 1. The van der Waals surface area contributed by atoms with E-state index in [-0.39, 0.29) is 30.0 Å². The normalized spacial score (nSPS) is 21.0. The van der Waals surface area contributed by atoms with Crippen LogP contribution >= 0.6 is 0 Å². The number of fused-ring (bicyclic) bond motifs is 1. The number of nitrogens with zero attached hydrogens (tertiary/aromatic N) is 2. The van der Waals surface area contributed by atoms with Crippen LogP contribution in [-0.2, 0) is 9.53 Å². The Hall–Kier alpha value is -3.16. The molecule has 8 nitrogen and oxygen atoms in total. The number of hydrogen-bond donors (Lipinski definition) is 0. The molecule has 0 unspecified atom stereocenters. The minimum atomic E-state index is -0.700. The number of non-ortho nitro benzene ring substituents is 1. The van der Waals surface area contributed by atoms with Crippen LogP contribution in [0.25, 0.3) is 11.3 Å². The SMILES string of the molecule is O=C(OCC(=O)N1CCC[C@H]2CCCC[C@@H]21)c1ccc(-c2ccc([N+](=O)[O-])cc2)o1. The number of nitro groups is 1. The Morgan fingerprint density at radius 3 is 2.57 bits per heavy atom. The molecule has 1 aliphatic carbocycles. The van der Waals surface area contributed by atoms with Crippen LogP contribution in [0.2, 0.25) is 0 Å². The highest BCUT2D eigenvalue weighted by molar-refractivity contribution is 5.89. The molecular weight excluding hydrogens is 388 g/mol. The first kappa shape index (κ1) is 20.1. The molecule has 1 aliphatic heterocycles. The number of esters is 1. The molecule has 2 heterocycles. The largest absolute Gasteiger partial charge is 0.450 e. The molecule has 2 fully saturated rings. The van der Waals surface area contributed by atoms with Crippen LogP contribution < -0.4 is 0 Å².